The first-order valence-corrected chi connectivity index (χ1v) is 11.5. The summed E-state index contributed by atoms with van der Waals surface area (Å²) in [5, 5.41) is 4.11. The Morgan fingerprint density at radius 3 is 2.79 bits per heavy atom. The summed E-state index contributed by atoms with van der Waals surface area (Å²) in [6.45, 7) is 0.264. The van der Waals surface area contributed by atoms with Crippen molar-refractivity contribution in [2.24, 2.45) is 0 Å². The molecule has 2 heterocycles. The Bertz CT molecular complexity index is 1260. The number of halogens is 1. The maximum atomic E-state index is 13.0. The third-order valence-corrected chi connectivity index (χ3v) is 6.09. The molecule has 2 amide bonds. The van der Waals surface area contributed by atoms with Crippen LogP contribution in [-0.2, 0) is 11.3 Å². The van der Waals surface area contributed by atoms with Gasteiger partial charge in [-0.15, -0.1) is 0 Å². The van der Waals surface area contributed by atoms with E-state index in [1.165, 1.54) is 16.7 Å². The van der Waals surface area contributed by atoms with E-state index in [1.54, 1.807) is 62.0 Å². The molecule has 0 fully saturated rings. The highest BCUT2D eigenvalue weighted by atomic mass is 35.5. The molecule has 0 unspecified atom stereocenters. The highest BCUT2D eigenvalue weighted by molar-refractivity contribution is 7.99. The van der Waals surface area contributed by atoms with Gasteiger partial charge in [0.1, 0.15) is 5.76 Å². The number of imidazole rings is 1. The van der Waals surface area contributed by atoms with Crippen molar-refractivity contribution >= 4 is 40.9 Å². The average molecular weight is 481 g/mol. The Balaban J connectivity index is 1.43. The van der Waals surface area contributed by atoms with E-state index >= 15 is 0 Å². The maximum absolute atomic E-state index is 13.0. The summed E-state index contributed by atoms with van der Waals surface area (Å²) >= 11 is 7.42. The second-order valence-electron chi connectivity index (χ2n) is 7.08. The van der Waals surface area contributed by atoms with Crippen LogP contribution in [0.5, 0.6) is 0 Å². The van der Waals surface area contributed by atoms with E-state index in [0.717, 1.165) is 5.69 Å². The van der Waals surface area contributed by atoms with Crippen LogP contribution in [0, 0.1) is 0 Å². The van der Waals surface area contributed by atoms with E-state index in [-0.39, 0.29) is 24.1 Å². The lowest BCUT2D eigenvalue weighted by Crippen LogP contribution is -2.31. The molecule has 0 bridgehead atoms. The minimum atomic E-state index is -0.286. The zero-order valence-electron chi connectivity index (χ0n) is 17.8. The Kier molecular flexibility index (Phi) is 7.16. The Morgan fingerprint density at radius 2 is 2.00 bits per heavy atom. The van der Waals surface area contributed by atoms with Gasteiger partial charge in [-0.3, -0.25) is 14.2 Å². The summed E-state index contributed by atoms with van der Waals surface area (Å²) in [7, 11) is 1.66. The first-order chi connectivity index (χ1) is 16.0. The molecule has 2 aromatic heterocycles. The average Bonchev–Trinajstić information content (AvgIpc) is 3.52. The zero-order valence-corrected chi connectivity index (χ0v) is 19.3. The topological polar surface area (TPSA) is 80.4 Å². The fourth-order valence-corrected chi connectivity index (χ4v) is 4.28. The summed E-state index contributed by atoms with van der Waals surface area (Å²) < 4.78 is 7.13. The first-order valence-electron chi connectivity index (χ1n) is 10.1. The number of benzene rings is 2. The van der Waals surface area contributed by atoms with Crippen LogP contribution in [0.2, 0.25) is 5.02 Å². The summed E-state index contributed by atoms with van der Waals surface area (Å²) in [5.74, 6) is 0.353. The SMILES string of the molecule is CN(C(=O)CSc1nccn1-c1cccc(Cl)c1)c1ccccc1C(=O)NCc1ccco1. The van der Waals surface area contributed by atoms with Crippen molar-refractivity contribution in [2.75, 3.05) is 17.7 Å². The molecule has 0 spiro atoms. The molecule has 168 valence electrons. The number of rotatable bonds is 8. The molecular weight excluding hydrogens is 460 g/mol. The number of amides is 2. The van der Waals surface area contributed by atoms with Gasteiger partial charge in [-0.05, 0) is 42.5 Å². The normalized spacial score (nSPS) is 10.7. The summed E-state index contributed by atoms with van der Waals surface area (Å²) in [6, 6.07) is 18.0. The number of thioether (sulfide) groups is 1. The van der Waals surface area contributed by atoms with Gasteiger partial charge < -0.3 is 14.6 Å². The Hall–Kier alpha value is -3.49. The molecule has 0 aliphatic heterocycles. The van der Waals surface area contributed by atoms with E-state index in [9.17, 15) is 9.59 Å². The van der Waals surface area contributed by atoms with Crippen LogP contribution in [0.1, 0.15) is 16.1 Å². The quantitative estimate of drug-likeness (QED) is 0.366. The van der Waals surface area contributed by atoms with Crippen molar-refractivity contribution in [2.45, 2.75) is 11.7 Å². The second kappa shape index (κ2) is 10.4. The van der Waals surface area contributed by atoms with E-state index in [0.29, 0.717) is 27.2 Å². The van der Waals surface area contributed by atoms with Gasteiger partial charge in [0.2, 0.25) is 5.91 Å². The van der Waals surface area contributed by atoms with Crippen LogP contribution in [-0.4, -0.2) is 34.2 Å². The lowest BCUT2D eigenvalue weighted by Gasteiger charge is -2.20. The number of carbonyl (C=O) groups is 2. The molecule has 0 saturated carbocycles. The summed E-state index contributed by atoms with van der Waals surface area (Å²) in [6.07, 6.45) is 5.05. The highest BCUT2D eigenvalue weighted by Gasteiger charge is 2.19. The highest BCUT2D eigenvalue weighted by Crippen LogP contribution is 2.25. The minimum absolute atomic E-state index is 0.149. The predicted octanol–water partition coefficient (Wildman–Crippen LogP) is 4.80. The second-order valence-corrected chi connectivity index (χ2v) is 8.46. The third-order valence-electron chi connectivity index (χ3n) is 4.91. The van der Waals surface area contributed by atoms with Crippen LogP contribution in [0.25, 0.3) is 5.69 Å². The van der Waals surface area contributed by atoms with E-state index < -0.39 is 0 Å². The molecule has 9 heteroatoms. The molecule has 1 N–H and O–H groups in total. The lowest BCUT2D eigenvalue weighted by atomic mass is 10.1. The molecule has 0 saturated heterocycles. The van der Waals surface area contributed by atoms with Gasteiger partial charge in [0.15, 0.2) is 5.16 Å². The van der Waals surface area contributed by atoms with Crippen molar-refractivity contribution in [3.05, 3.63) is 95.7 Å². The fourth-order valence-electron chi connectivity index (χ4n) is 3.21. The van der Waals surface area contributed by atoms with Crippen LogP contribution in [0.15, 0.2) is 88.9 Å². The molecule has 4 rings (SSSR count). The first kappa shape index (κ1) is 22.7. The van der Waals surface area contributed by atoms with Gasteiger partial charge in [0, 0.05) is 30.2 Å². The van der Waals surface area contributed by atoms with Gasteiger partial charge in [-0.2, -0.15) is 0 Å². The van der Waals surface area contributed by atoms with E-state index in [1.807, 2.05) is 29.0 Å². The zero-order chi connectivity index (χ0) is 23.2. The Labute approximate surface area is 200 Å². The maximum Gasteiger partial charge on any atom is 0.253 e. The standard InChI is InChI=1S/C24H21ClN4O3S/c1-28(21-10-3-2-9-20(21)23(31)27-15-19-8-5-13-32-19)22(30)16-33-24-26-11-12-29(24)18-7-4-6-17(25)14-18/h2-14H,15-16H2,1H3,(H,27,31). The lowest BCUT2D eigenvalue weighted by molar-refractivity contribution is -0.115. The van der Waals surface area contributed by atoms with Crippen molar-refractivity contribution < 1.29 is 14.0 Å². The van der Waals surface area contributed by atoms with Crippen molar-refractivity contribution in [3.8, 4) is 5.69 Å². The van der Waals surface area contributed by atoms with Gasteiger partial charge in [-0.25, -0.2) is 4.98 Å². The van der Waals surface area contributed by atoms with Crippen LogP contribution in [0.4, 0.5) is 5.69 Å². The number of nitrogens with one attached hydrogen (secondary N) is 1. The molecule has 0 atom stereocenters. The molecule has 0 aliphatic carbocycles. The number of furan rings is 1. The van der Waals surface area contributed by atoms with Crippen LogP contribution in [0.3, 0.4) is 0 Å². The van der Waals surface area contributed by atoms with Crippen molar-refractivity contribution in [1.82, 2.24) is 14.9 Å². The molecule has 0 radical (unpaired) electrons. The number of anilines is 1. The van der Waals surface area contributed by atoms with Crippen molar-refractivity contribution in [1.29, 1.82) is 0 Å². The van der Waals surface area contributed by atoms with Gasteiger partial charge in [0.25, 0.3) is 5.91 Å². The van der Waals surface area contributed by atoms with E-state index in [4.69, 9.17) is 16.0 Å². The number of aromatic nitrogens is 2. The van der Waals surface area contributed by atoms with Gasteiger partial charge in [0.05, 0.1) is 29.8 Å². The van der Waals surface area contributed by atoms with Crippen LogP contribution < -0.4 is 10.2 Å². The molecule has 7 nitrogen and oxygen atoms in total. The predicted molar refractivity (Wildman–Crippen MR) is 129 cm³/mol. The molecular formula is C24H21ClN4O3S. The fraction of sp³-hybridized carbons (Fsp3) is 0.125. The van der Waals surface area contributed by atoms with Crippen LogP contribution >= 0.6 is 23.4 Å². The number of hydrogen-bond acceptors (Lipinski definition) is 5. The van der Waals surface area contributed by atoms with Crippen molar-refractivity contribution in [3.63, 3.8) is 0 Å². The van der Waals surface area contributed by atoms with Gasteiger partial charge in [-0.1, -0.05) is 41.6 Å². The number of para-hydroxylation sites is 1. The smallest absolute Gasteiger partial charge is 0.253 e. The summed E-state index contributed by atoms with van der Waals surface area (Å²) in [4.78, 5) is 31.5. The molecule has 2 aromatic carbocycles. The number of hydrogen-bond donors (Lipinski definition) is 1. The third kappa shape index (κ3) is 5.47. The number of carbonyl (C=O) groups excluding carboxylic acids is 2. The molecule has 0 aliphatic rings. The van der Waals surface area contributed by atoms with E-state index in [2.05, 4.69) is 10.3 Å². The minimum Gasteiger partial charge on any atom is -0.467 e. The van der Waals surface area contributed by atoms with Gasteiger partial charge >= 0.3 is 0 Å². The largest absolute Gasteiger partial charge is 0.467 e. The summed E-state index contributed by atoms with van der Waals surface area (Å²) in [5.41, 5.74) is 1.80. The monoisotopic (exact) mass is 480 g/mol. The number of nitrogens with zero attached hydrogens (tertiary/aromatic N) is 3. The Morgan fingerprint density at radius 1 is 1.15 bits per heavy atom. The molecule has 4 aromatic rings. The molecule has 33 heavy (non-hydrogen) atoms.